The van der Waals surface area contributed by atoms with Crippen LogP contribution in [0.1, 0.15) is 46.0 Å². The summed E-state index contributed by atoms with van der Waals surface area (Å²) in [6.45, 7) is 9.21. The Hall–Kier alpha value is -1.06. The van der Waals surface area contributed by atoms with E-state index < -0.39 is 0 Å². The second kappa shape index (κ2) is 5.14. The molecule has 19 heavy (non-hydrogen) atoms. The molecule has 0 bridgehead atoms. The highest BCUT2D eigenvalue weighted by Gasteiger charge is 2.30. The van der Waals surface area contributed by atoms with Crippen LogP contribution < -0.4 is 5.73 Å². The maximum atomic E-state index is 6.36. The molecular formula is C15H22ClN3. The van der Waals surface area contributed by atoms with Gasteiger partial charge in [-0.25, -0.2) is 4.98 Å². The third kappa shape index (κ3) is 2.26. The lowest BCUT2D eigenvalue weighted by Crippen LogP contribution is -2.34. The lowest BCUT2D eigenvalue weighted by atomic mass is 9.86. The maximum Gasteiger partial charge on any atom is 0.117 e. The SMILES string of the molecule is CCC(C)(CN)c1nc2cccc(Cl)c2n1C(C)C. The summed E-state index contributed by atoms with van der Waals surface area (Å²) in [6, 6.07) is 6.17. The fourth-order valence-corrected chi connectivity index (χ4v) is 2.69. The minimum Gasteiger partial charge on any atom is -0.329 e. The van der Waals surface area contributed by atoms with Crippen molar-refractivity contribution >= 4 is 22.6 Å². The van der Waals surface area contributed by atoms with E-state index in [9.17, 15) is 0 Å². The van der Waals surface area contributed by atoms with Crippen LogP contribution in [-0.4, -0.2) is 16.1 Å². The van der Waals surface area contributed by atoms with E-state index in [-0.39, 0.29) is 5.41 Å². The number of benzene rings is 1. The molecule has 1 atom stereocenters. The molecule has 0 fully saturated rings. The molecule has 0 aliphatic heterocycles. The lowest BCUT2D eigenvalue weighted by molar-refractivity contribution is 0.405. The molecule has 104 valence electrons. The van der Waals surface area contributed by atoms with Gasteiger partial charge in [0.05, 0.1) is 16.1 Å². The van der Waals surface area contributed by atoms with Crippen LogP contribution in [-0.2, 0) is 5.41 Å². The van der Waals surface area contributed by atoms with Crippen LogP contribution in [0.15, 0.2) is 18.2 Å². The molecule has 1 aromatic carbocycles. The molecule has 1 heterocycles. The third-order valence-corrected chi connectivity index (χ3v) is 4.25. The summed E-state index contributed by atoms with van der Waals surface area (Å²) in [4.78, 5) is 4.81. The van der Waals surface area contributed by atoms with Gasteiger partial charge in [-0.2, -0.15) is 0 Å². The van der Waals surface area contributed by atoms with E-state index in [1.165, 1.54) is 0 Å². The fourth-order valence-electron chi connectivity index (χ4n) is 2.43. The highest BCUT2D eigenvalue weighted by atomic mass is 35.5. The number of halogens is 1. The van der Waals surface area contributed by atoms with Crippen molar-refractivity contribution in [3.63, 3.8) is 0 Å². The van der Waals surface area contributed by atoms with Crippen molar-refractivity contribution in [2.75, 3.05) is 6.54 Å². The van der Waals surface area contributed by atoms with Gasteiger partial charge >= 0.3 is 0 Å². The van der Waals surface area contributed by atoms with Gasteiger partial charge in [-0.3, -0.25) is 0 Å². The summed E-state index contributed by atoms with van der Waals surface area (Å²) in [6.07, 6.45) is 0.956. The van der Waals surface area contributed by atoms with Crippen LogP contribution in [0.5, 0.6) is 0 Å². The molecule has 4 heteroatoms. The van der Waals surface area contributed by atoms with Crippen molar-refractivity contribution < 1.29 is 0 Å². The highest BCUT2D eigenvalue weighted by Crippen LogP contribution is 2.34. The Morgan fingerprint density at radius 2 is 2.11 bits per heavy atom. The fraction of sp³-hybridized carbons (Fsp3) is 0.533. The number of para-hydroxylation sites is 1. The van der Waals surface area contributed by atoms with Crippen molar-refractivity contribution in [3.8, 4) is 0 Å². The van der Waals surface area contributed by atoms with E-state index in [4.69, 9.17) is 22.3 Å². The van der Waals surface area contributed by atoms with Crippen LogP contribution in [0.25, 0.3) is 11.0 Å². The summed E-state index contributed by atoms with van der Waals surface area (Å²) in [7, 11) is 0. The van der Waals surface area contributed by atoms with E-state index in [1.807, 2.05) is 18.2 Å². The Balaban J connectivity index is 2.81. The van der Waals surface area contributed by atoms with Gasteiger partial charge in [0, 0.05) is 18.0 Å². The van der Waals surface area contributed by atoms with Crippen molar-refractivity contribution in [1.29, 1.82) is 0 Å². The summed E-state index contributed by atoms with van der Waals surface area (Å²) in [5.41, 5.74) is 7.84. The minimum absolute atomic E-state index is 0.118. The monoisotopic (exact) mass is 279 g/mol. The molecule has 2 rings (SSSR count). The first-order chi connectivity index (χ1) is 8.94. The molecule has 1 unspecified atom stereocenters. The first-order valence-corrected chi connectivity index (χ1v) is 7.19. The van der Waals surface area contributed by atoms with Crippen molar-refractivity contribution in [2.24, 2.45) is 5.73 Å². The summed E-state index contributed by atoms with van der Waals surface area (Å²) in [5, 5.41) is 0.750. The van der Waals surface area contributed by atoms with Crippen LogP contribution in [0.3, 0.4) is 0 Å². The topological polar surface area (TPSA) is 43.8 Å². The average Bonchev–Trinajstić information content (AvgIpc) is 2.79. The molecular weight excluding hydrogens is 258 g/mol. The number of rotatable bonds is 4. The Kier molecular flexibility index (Phi) is 3.88. The second-order valence-electron chi connectivity index (χ2n) is 5.63. The second-order valence-corrected chi connectivity index (χ2v) is 6.03. The van der Waals surface area contributed by atoms with Crippen molar-refractivity contribution in [1.82, 2.24) is 9.55 Å². The quantitative estimate of drug-likeness (QED) is 0.922. The number of aromatic nitrogens is 2. The molecule has 3 nitrogen and oxygen atoms in total. The number of fused-ring (bicyclic) bond motifs is 1. The molecule has 0 saturated heterocycles. The van der Waals surface area contributed by atoms with Gasteiger partial charge in [0.15, 0.2) is 0 Å². The standard InChI is InChI=1S/C15H22ClN3/c1-5-15(4,9-17)14-18-12-8-6-7-11(16)13(12)19(14)10(2)3/h6-8,10H,5,9,17H2,1-4H3. The molecule has 0 aliphatic carbocycles. The van der Waals surface area contributed by atoms with Gasteiger partial charge in [0.1, 0.15) is 5.82 Å². The molecule has 2 aromatic rings. The normalized spacial score (nSPS) is 15.1. The predicted molar refractivity (Wildman–Crippen MR) is 81.8 cm³/mol. The zero-order chi connectivity index (χ0) is 14.2. The summed E-state index contributed by atoms with van der Waals surface area (Å²) < 4.78 is 2.23. The Morgan fingerprint density at radius 3 is 2.63 bits per heavy atom. The Bertz CT molecular complexity index is 582. The molecule has 1 aromatic heterocycles. The molecule has 0 saturated carbocycles. The lowest BCUT2D eigenvalue weighted by Gasteiger charge is -2.28. The average molecular weight is 280 g/mol. The smallest absolute Gasteiger partial charge is 0.117 e. The van der Waals surface area contributed by atoms with Crippen molar-refractivity contribution in [2.45, 2.75) is 45.6 Å². The number of imidazole rings is 1. The highest BCUT2D eigenvalue weighted by molar-refractivity contribution is 6.35. The molecule has 0 radical (unpaired) electrons. The van der Waals surface area contributed by atoms with E-state index in [0.29, 0.717) is 12.6 Å². The third-order valence-electron chi connectivity index (χ3n) is 3.95. The van der Waals surface area contributed by atoms with Crippen LogP contribution in [0.2, 0.25) is 5.02 Å². The molecule has 0 aliphatic rings. The van der Waals surface area contributed by atoms with Crippen molar-refractivity contribution in [3.05, 3.63) is 29.0 Å². The molecule has 2 N–H and O–H groups in total. The number of hydrogen-bond donors (Lipinski definition) is 1. The largest absolute Gasteiger partial charge is 0.329 e. The Labute approximate surface area is 119 Å². The van der Waals surface area contributed by atoms with Gasteiger partial charge in [-0.1, -0.05) is 31.5 Å². The molecule has 0 amide bonds. The zero-order valence-electron chi connectivity index (χ0n) is 12.1. The minimum atomic E-state index is -0.118. The van der Waals surface area contributed by atoms with Gasteiger partial charge in [-0.15, -0.1) is 0 Å². The summed E-state index contributed by atoms with van der Waals surface area (Å²) >= 11 is 6.36. The van der Waals surface area contributed by atoms with Gasteiger partial charge in [0.25, 0.3) is 0 Å². The number of nitrogens with zero attached hydrogens (tertiary/aromatic N) is 2. The van der Waals surface area contributed by atoms with Crippen LogP contribution in [0, 0.1) is 0 Å². The molecule has 0 spiro atoms. The van der Waals surface area contributed by atoms with Gasteiger partial charge < -0.3 is 10.3 Å². The Morgan fingerprint density at radius 1 is 1.42 bits per heavy atom. The van der Waals surface area contributed by atoms with Crippen LogP contribution in [0.4, 0.5) is 0 Å². The predicted octanol–water partition coefficient (Wildman–Crippen LogP) is 3.90. The first kappa shape index (κ1) is 14.4. The van der Waals surface area contributed by atoms with E-state index in [0.717, 1.165) is 28.3 Å². The van der Waals surface area contributed by atoms with E-state index >= 15 is 0 Å². The van der Waals surface area contributed by atoms with E-state index in [2.05, 4.69) is 32.3 Å². The van der Waals surface area contributed by atoms with Gasteiger partial charge in [0.2, 0.25) is 0 Å². The maximum absolute atomic E-state index is 6.36. The van der Waals surface area contributed by atoms with E-state index in [1.54, 1.807) is 0 Å². The van der Waals surface area contributed by atoms with Crippen LogP contribution >= 0.6 is 11.6 Å². The number of nitrogens with two attached hydrogens (primary N) is 1. The first-order valence-electron chi connectivity index (χ1n) is 6.81. The van der Waals surface area contributed by atoms with Gasteiger partial charge in [-0.05, 0) is 32.4 Å². The number of hydrogen-bond acceptors (Lipinski definition) is 2. The summed E-state index contributed by atoms with van der Waals surface area (Å²) in [5.74, 6) is 1.04. The zero-order valence-corrected chi connectivity index (χ0v) is 12.8.